The van der Waals surface area contributed by atoms with Crippen molar-refractivity contribution < 1.29 is 4.39 Å². The van der Waals surface area contributed by atoms with Crippen LogP contribution in [0.25, 0.3) is 0 Å². The van der Waals surface area contributed by atoms with Crippen molar-refractivity contribution >= 4 is 0 Å². The van der Waals surface area contributed by atoms with Gasteiger partial charge in [-0.25, -0.2) is 4.39 Å². The average molecular weight is 219 g/mol. The standard InChI is InChI=1S/C14H18FN/c1-11(12-7-9-13(15)10-8-12)16-14-5-3-2-4-6-14/h2-3,7-11,14,16H,4-6H2,1H3. The fourth-order valence-electron chi connectivity index (χ4n) is 2.15. The van der Waals surface area contributed by atoms with Crippen molar-refractivity contribution in [1.82, 2.24) is 5.32 Å². The lowest BCUT2D eigenvalue weighted by atomic mass is 9.99. The van der Waals surface area contributed by atoms with Gasteiger partial charge in [0.25, 0.3) is 0 Å². The minimum atomic E-state index is -0.170. The zero-order valence-electron chi connectivity index (χ0n) is 9.62. The van der Waals surface area contributed by atoms with Crippen LogP contribution in [0.3, 0.4) is 0 Å². The molecule has 0 radical (unpaired) electrons. The van der Waals surface area contributed by atoms with Crippen LogP contribution in [0.15, 0.2) is 36.4 Å². The second kappa shape index (κ2) is 5.26. The molecular formula is C14H18FN. The number of halogens is 1. The summed E-state index contributed by atoms with van der Waals surface area (Å²) in [6.45, 7) is 2.13. The van der Waals surface area contributed by atoms with Crippen LogP contribution in [0.4, 0.5) is 4.39 Å². The fraction of sp³-hybridized carbons (Fsp3) is 0.429. The van der Waals surface area contributed by atoms with Gasteiger partial charge < -0.3 is 5.32 Å². The quantitative estimate of drug-likeness (QED) is 0.766. The summed E-state index contributed by atoms with van der Waals surface area (Å²) in [6.07, 6.45) is 7.93. The summed E-state index contributed by atoms with van der Waals surface area (Å²) in [5.41, 5.74) is 1.15. The molecule has 16 heavy (non-hydrogen) atoms. The Hall–Kier alpha value is -1.15. The van der Waals surface area contributed by atoms with Gasteiger partial charge in [0.2, 0.25) is 0 Å². The monoisotopic (exact) mass is 219 g/mol. The molecule has 2 rings (SSSR count). The summed E-state index contributed by atoms with van der Waals surface area (Å²) in [5.74, 6) is -0.170. The number of hydrogen-bond donors (Lipinski definition) is 1. The molecule has 1 aliphatic rings. The Kier molecular flexibility index (Phi) is 3.73. The van der Waals surface area contributed by atoms with Crippen molar-refractivity contribution in [2.45, 2.75) is 38.3 Å². The van der Waals surface area contributed by atoms with Crippen LogP contribution in [-0.2, 0) is 0 Å². The van der Waals surface area contributed by atoms with Crippen molar-refractivity contribution in [1.29, 1.82) is 0 Å². The molecule has 0 aromatic heterocycles. The van der Waals surface area contributed by atoms with E-state index in [1.807, 2.05) is 12.1 Å². The molecule has 1 aromatic carbocycles. The Bertz CT molecular complexity index is 356. The number of benzene rings is 1. The number of nitrogens with one attached hydrogen (secondary N) is 1. The summed E-state index contributed by atoms with van der Waals surface area (Å²) >= 11 is 0. The van der Waals surface area contributed by atoms with Crippen LogP contribution in [0.1, 0.15) is 37.8 Å². The Morgan fingerprint density at radius 1 is 1.25 bits per heavy atom. The zero-order valence-corrected chi connectivity index (χ0v) is 9.62. The van der Waals surface area contributed by atoms with E-state index in [-0.39, 0.29) is 11.9 Å². The first-order valence-corrected chi connectivity index (χ1v) is 5.92. The Morgan fingerprint density at radius 3 is 2.62 bits per heavy atom. The minimum Gasteiger partial charge on any atom is -0.307 e. The van der Waals surface area contributed by atoms with Gasteiger partial charge >= 0.3 is 0 Å². The molecule has 0 heterocycles. The molecule has 0 spiro atoms. The third-order valence-corrected chi connectivity index (χ3v) is 3.12. The molecule has 0 saturated heterocycles. The van der Waals surface area contributed by atoms with Gasteiger partial charge in [0.05, 0.1) is 0 Å². The third-order valence-electron chi connectivity index (χ3n) is 3.12. The van der Waals surface area contributed by atoms with E-state index in [4.69, 9.17) is 0 Å². The van der Waals surface area contributed by atoms with E-state index in [1.54, 1.807) is 0 Å². The molecule has 1 aromatic rings. The fourth-order valence-corrected chi connectivity index (χ4v) is 2.15. The van der Waals surface area contributed by atoms with Gasteiger partial charge in [0, 0.05) is 12.1 Å². The lowest BCUT2D eigenvalue weighted by Gasteiger charge is -2.24. The molecule has 1 nitrogen and oxygen atoms in total. The number of hydrogen-bond acceptors (Lipinski definition) is 1. The van der Waals surface area contributed by atoms with E-state index >= 15 is 0 Å². The van der Waals surface area contributed by atoms with Crippen LogP contribution < -0.4 is 5.32 Å². The summed E-state index contributed by atoms with van der Waals surface area (Å²) < 4.78 is 12.8. The van der Waals surface area contributed by atoms with Gasteiger partial charge in [0.1, 0.15) is 5.82 Å². The molecule has 0 bridgehead atoms. The second-order valence-electron chi connectivity index (χ2n) is 4.42. The van der Waals surface area contributed by atoms with Crippen molar-refractivity contribution in [3.63, 3.8) is 0 Å². The average Bonchev–Trinajstić information content (AvgIpc) is 2.31. The first-order chi connectivity index (χ1) is 7.75. The highest BCUT2D eigenvalue weighted by atomic mass is 19.1. The van der Waals surface area contributed by atoms with Crippen molar-refractivity contribution in [3.8, 4) is 0 Å². The lowest BCUT2D eigenvalue weighted by molar-refractivity contribution is 0.426. The predicted molar refractivity (Wildman–Crippen MR) is 64.7 cm³/mol. The van der Waals surface area contributed by atoms with E-state index in [9.17, 15) is 4.39 Å². The summed E-state index contributed by atoms with van der Waals surface area (Å²) in [5, 5.41) is 3.58. The Morgan fingerprint density at radius 2 is 2.00 bits per heavy atom. The van der Waals surface area contributed by atoms with Gasteiger partial charge in [-0.2, -0.15) is 0 Å². The number of allylic oxidation sites excluding steroid dienone is 1. The smallest absolute Gasteiger partial charge is 0.123 e. The van der Waals surface area contributed by atoms with Crippen LogP contribution in [-0.4, -0.2) is 6.04 Å². The molecular weight excluding hydrogens is 201 g/mol. The molecule has 86 valence electrons. The maximum Gasteiger partial charge on any atom is 0.123 e. The van der Waals surface area contributed by atoms with Gasteiger partial charge in [-0.3, -0.25) is 0 Å². The third kappa shape index (κ3) is 2.92. The first-order valence-electron chi connectivity index (χ1n) is 5.92. The summed E-state index contributed by atoms with van der Waals surface area (Å²) in [6, 6.07) is 7.60. The molecule has 0 fully saturated rings. The highest BCUT2D eigenvalue weighted by molar-refractivity contribution is 5.19. The molecule has 0 aliphatic heterocycles. The number of rotatable bonds is 3. The molecule has 1 N–H and O–H groups in total. The van der Waals surface area contributed by atoms with E-state index in [1.165, 1.54) is 18.6 Å². The maximum absolute atomic E-state index is 12.8. The summed E-state index contributed by atoms with van der Waals surface area (Å²) in [4.78, 5) is 0. The van der Waals surface area contributed by atoms with Crippen molar-refractivity contribution in [2.24, 2.45) is 0 Å². The van der Waals surface area contributed by atoms with E-state index in [2.05, 4.69) is 24.4 Å². The van der Waals surface area contributed by atoms with Gasteiger partial charge in [-0.1, -0.05) is 24.3 Å². The molecule has 1 aliphatic carbocycles. The minimum absolute atomic E-state index is 0.170. The molecule has 2 heteroatoms. The van der Waals surface area contributed by atoms with E-state index < -0.39 is 0 Å². The second-order valence-corrected chi connectivity index (χ2v) is 4.42. The maximum atomic E-state index is 12.8. The normalized spacial score (nSPS) is 22.0. The van der Waals surface area contributed by atoms with Crippen molar-refractivity contribution in [3.05, 3.63) is 47.8 Å². The largest absolute Gasteiger partial charge is 0.307 e. The first kappa shape index (κ1) is 11.3. The molecule has 2 atom stereocenters. The highest BCUT2D eigenvalue weighted by Crippen LogP contribution is 2.18. The zero-order chi connectivity index (χ0) is 11.4. The van der Waals surface area contributed by atoms with Crippen LogP contribution in [0.5, 0.6) is 0 Å². The lowest BCUT2D eigenvalue weighted by Crippen LogP contribution is -2.32. The van der Waals surface area contributed by atoms with Crippen LogP contribution in [0, 0.1) is 5.82 Å². The van der Waals surface area contributed by atoms with Gasteiger partial charge in [0.15, 0.2) is 0 Å². The van der Waals surface area contributed by atoms with Gasteiger partial charge in [-0.15, -0.1) is 0 Å². The van der Waals surface area contributed by atoms with Gasteiger partial charge in [-0.05, 0) is 43.9 Å². The topological polar surface area (TPSA) is 12.0 Å². The molecule has 0 saturated carbocycles. The highest BCUT2D eigenvalue weighted by Gasteiger charge is 2.13. The van der Waals surface area contributed by atoms with E-state index in [0.29, 0.717) is 6.04 Å². The summed E-state index contributed by atoms with van der Waals surface area (Å²) in [7, 11) is 0. The molecule has 2 unspecified atom stereocenters. The van der Waals surface area contributed by atoms with Crippen LogP contribution in [0.2, 0.25) is 0 Å². The predicted octanol–water partition coefficient (Wildman–Crippen LogP) is 3.59. The van der Waals surface area contributed by atoms with Crippen LogP contribution >= 0.6 is 0 Å². The molecule has 0 amide bonds. The Labute approximate surface area is 96.4 Å². The van der Waals surface area contributed by atoms with E-state index in [0.717, 1.165) is 18.4 Å². The van der Waals surface area contributed by atoms with Crippen molar-refractivity contribution in [2.75, 3.05) is 0 Å². The Balaban J connectivity index is 1.94. The SMILES string of the molecule is CC(NC1CC=CCC1)c1ccc(F)cc1.